The number of carbonyl (C=O) groups excluding carboxylic acids is 2. The zero-order chi connectivity index (χ0) is 15.9. The number of ketones is 1. The lowest BCUT2D eigenvalue weighted by molar-refractivity contribution is -0.142. The van der Waals surface area contributed by atoms with Gasteiger partial charge in [0.25, 0.3) is 0 Å². The Labute approximate surface area is 134 Å². The Kier molecular flexibility index (Phi) is 6.83. The molecule has 0 spiro atoms. The van der Waals surface area contributed by atoms with Crippen LogP contribution in [0.25, 0.3) is 0 Å². The van der Waals surface area contributed by atoms with Gasteiger partial charge in [0.1, 0.15) is 5.78 Å². The van der Waals surface area contributed by atoms with Crippen LogP contribution in [0.1, 0.15) is 58.3 Å². The Morgan fingerprint density at radius 1 is 1.05 bits per heavy atom. The van der Waals surface area contributed by atoms with Gasteiger partial charge in [0.15, 0.2) is 0 Å². The lowest BCUT2D eigenvalue weighted by Gasteiger charge is -2.32. The van der Waals surface area contributed by atoms with Crippen molar-refractivity contribution in [2.24, 2.45) is 17.7 Å². The number of rotatable bonds is 6. The number of nitrogens with two attached hydrogens (primary N) is 1. The van der Waals surface area contributed by atoms with Crippen LogP contribution in [0.15, 0.2) is 0 Å². The van der Waals surface area contributed by atoms with Crippen molar-refractivity contribution in [3.63, 3.8) is 0 Å². The van der Waals surface area contributed by atoms with Crippen LogP contribution in [0, 0.1) is 11.8 Å². The van der Waals surface area contributed by atoms with Crippen LogP contribution < -0.4 is 5.84 Å². The molecule has 2 aliphatic rings. The highest BCUT2D eigenvalue weighted by atomic mass is 16.2. The lowest BCUT2D eigenvalue weighted by atomic mass is 9.76. The first-order chi connectivity index (χ1) is 10.6. The van der Waals surface area contributed by atoms with E-state index >= 15 is 0 Å². The van der Waals surface area contributed by atoms with Gasteiger partial charge in [-0.3, -0.25) is 14.6 Å². The van der Waals surface area contributed by atoms with Gasteiger partial charge in [-0.1, -0.05) is 19.3 Å². The molecule has 1 aliphatic carbocycles. The number of hydrazine groups is 1. The van der Waals surface area contributed by atoms with Gasteiger partial charge in [-0.15, -0.1) is 0 Å². The summed E-state index contributed by atoms with van der Waals surface area (Å²) < 4.78 is 0. The molecule has 1 aliphatic heterocycles. The van der Waals surface area contributed by atoms with Crippen molar-refractivity contribution in [1.29, 1.82) is 0 Å². The van der Waals surface area contributed by atoms with Gasteiger partial charge >= 0.3 is 0 Å². The van der Waals surface area contributed by atoms with Crippen molar-refractivity contribution in [2.45, 2.75) is 58.3 Å². The second-order valence-electron chi connectivity index (χ2n) is 6.90. The highest BCUT2D eigenvalue weighted by Crippen LogP contribution is 2.31. The molecule has 22 heavy (non-hydrogen) atoms. The molecule has 1 amide bonds. The normalized spacial score (nSPS) is 26.6. The van der Waals surface area contributed by atoms with E-state index in [0.717, 1.165) is 38.6 Å². The van der Waals surface area contributed by atoms with E-state index < -0.39 is 0 Å². The molecule has 0 aromatic carbocycles. The number of nitrogens with zero attached hydrogens (tertiary/aromatic N) is 2. The summed E-state index contributed by atoms with van der Waals surface area (Å²) in [5.41, 5.74) is 0. The minimum Gasteiger partial charge on any atom is -0.303 e. The van der Waals surface area contributed by atoms with Crippen LogP contribution in [0.4, 0.5) is 0 Å². The van der Waals surface area contributed by atoms with Crippen molar-refractivity contribution in [3.8, 4) is 0 Å². The minimum absolute atomic E-state index is 0.0291. The maximum absolute atomic E-state index is 12.5. The van der Waals surface area contributed by atoms with Crippen LogP contribution >= 0.6 is 0 Å². The number of Topliss-reactive ketones (excluding diaryl/α,β-unsaturated/α-hetero) is 1. The third kappa shape index (κ3) is 4.78. The highest BCUT2D eigenvalue weighted by molar-refractivity contribution is 5.87. The van der Waals surface area contributed by atoms with Gasteiger partial charge in [-0.2, -0.15) is 0 Å². The van der Waals surface area contributed by atoms with E-state index in [1.807, 2.05) is 0 Å². The topological polar surface area (TPSA) is 66.6 Å². The maximum Gasteiger partial charge on any atom is 0.240 e. The molecule has 2 fully saturated rings. The first-order valence-electron chi connectivity index (χ1n) is 8.88. The number of amides is 1. The average molecular weight is 309 g/mol. The SMILES string of the molecule is CC(=O)[C@@H]1CCCC[C@@H]1C(=O)N(N)CCCN1CCCCC1. The van der Waals surface area contributed by atoms with Crippen molar-refractivity contribution < 1.29 is 9.59 Å². The zero-order valence-electron chi connectivity index (χ0n) is 13.9. The minimum atomic E-state index is -0.189. The van der Waals surface area contributed by atoms with E-state index in [4.69, 9.17) is 5.84 Å². The second kappa shape index (κ2) is 8.63. The van der Waals surface area contributed by atoms with Crippen LogP contribution in [-0.2, 0) is 9.59 Å². The summed E-state index contributed by atoms with van der Waals surface area (Å²) in [4.78, 5) is 26.7. The van der Waals surface area contributed by atoms with Crippen molar-refractivity contribution >= 4 is 11.7 Å². The number of hydrogen-bond acceptors (Lipinski definition) is 4. The molecular formula is C17H31N3O2. The molecule has 2 rings (SSSR count). The van der Waals surface area contributed by atoms with Crippen molar-refractivity contribution in [1.82, 2.24) is 9.91 Å². The fourth-order valence-electron chi connectivity index (χ4n) is 3.88. The molecule has 0 bridgehead atoms. The van der Waals surface area contributed by atoms with Gasteiger partial charge in [-0.05, 0) is 58.7 Å². The molecule has 0 radical (unpaired) electrons. The van der Waals surface area contributed by atoms with E-state index in [0.29, 0.717) is 6.54 Å². The molecule has 1 heterocycles. The fraction of sp³-hybridized carbons (Fsp3) is 0.882. The van der Waals surface area contributed by atoms with E-state index in [2.05, 4.69) is 4.90 Å². The predicted octanol–water partition coefficient (Wildman–Crippen LogP) is 1.96. The molecule has 0 unspecified atom stereocenters. The number of carbonyl (C=O) groups is 2. The Morgan fingerprint density at radius 2 is 1.68 bits per heavy atom. The first kappa shape index (κ1) is 17.4. The Balaban J connectivity index is 1.76. The molecule has 0 aromatic rings. The van der Waals surface area contributed by atoms with E-state index in [1.165, 1.54) is 37.4 Å². The molecule has 126 valence electrons. The zero-order valence-corrected chi connectivity index (χ0v) is 13.9. The highest BCUT2D eigenvalue weighted by Gasteiger charge is 2.35. The monoisotopic (exact) mass is 309 g/mol. The quantitative estimate of drug-likeness (QED) is 0.463. The summed E-state index contributed by atoms with van der Waals surface area (Å²) in [5.74, 6) is 5.78. The van der Waals surface area contributed by atoms with Gasteiger partial charge in [0.2, 0.25) is 5.91 Å². The summed E-state index contributed by atoms with van der Waals surface area (Å²) in [6.07, 6.45) is 8.55. The molecule has 5 heteroatoms. The summed E-state index contributed by atoms with van der Waals surface area (Å²) in [6, 6.07) is 0. The van der Waals surface area contributed by atoms with Crippen LogP contribution in [0.2, 0.25) is 0 Å². The standard InChI is InChI=1S/C17H31N3O2/c1-14(21)15-8-3-4-9-16(15)17(22)20(18)13-7-12-19-10-5-2-6-11-19/h15-16H,2-13,18H2,1H3/t15-,16-/m0/s1. The smallest absolute Gasteiger partial charge is 0.240 e. The summed E-state index contributed by atoms with van der Waals surface area (Å²) in [7, 11) is 0. The molecule has 5 nitrogen and oxygen atoms in total. The predicted molar refractivity (Wildman–Crippen MR) is 86.9 cm³/mol. The summed E-state index contributed by atoms with van der Waals surface area (Å²) >= 11 is 0. The van der Waals surface area contributed by atoms with Gasteiger partial charge < -0.3 is 4.90 Å². The average Bonchev–Trinajstić information content (AvgIpc) is 2.55. The molecule has 0 aromatic heterocycles. The number of piperidine rings is 1. The third-order valence-electron chi connectivity index (χ3n) is 5.21. The molecule has 2 N–H and O–H groups in total. The number of likely N-dealkylation sites (tertiary alicyclic amines) is 1. The van der Waals surface area contributed by atoms with Gasteiger partial charge in [0.05, 0.1) is 0 Å². The number of hydrogen-bond donors (Lipinski definition) is 1. The first-order valence-corrected chi connectivity index (χ1v) is 8.88. The maximum atomic E-state index is 12.5. The molecule has 1 saturated heterocycles. The molecule has 2 atom stereocenters. The second-order valence-corrected chi connectivity index (χ2v) is 6.90. The fourth-order valence-corrected chi connectivity index (χ4v) is 3.88. The van der Waals surface area contributed by atoms with Crippen molar-refractivity contribution in [2.75, 3.05) is 26.2 Å². The largest absolute Gasteiger partial charge is 0.303 e. The van der Waals surface area contributed by atoms with Crippen LogP contribution in [-0.4, -0.2) is 47.8 Å². The van der Waals surface area contributed by atoms with Crippen LogP contribution in [0.3, 0.4) is 0 Å². The Morgan fingerprint density at radius 3 is 2.32 bits per heavy atom. The van der Waals surface area contributed by atoms with Crippen molar-refractivity contribution in [3.05, 3.63) is 0 Å². The van der Waals surface area contributed by atoms with E-state index in [-0.39, 0.29) is 23.5 Å². The van der Waals surface area contributed by atoms with E-state index in [9.17, 15) is 9.59 Å². The van der Waals surface area contributed by atoms with Gasteiger partial charge in [0, 0.05) is 18.4 Å². The third-order valence-corrected chi connectivity index (χ3v) is 5.21. The van der Waals surface area contributed by atoms with Gasteiger partial charge in [-0.25, -0.2) is 5.84 Å². The Bertz CT molecular complexity index is 380. The molecule has 1 saturated carbocycles. The van der Waals surface area contributed by atoms with Crippen LogP contribution in [0.5, 0.6) is 0 Å². The van der Waals surface area contributed by atoms with E-state index in [1.54, 1.807) is 6.92 Å². The lowest BCUT2D eigenvalue weighted by Crippen LogP contribution is -2.46. The molecular weight excluding hydrogens is 278 g/mol. The Hall–Kier alpha value is -0.940. The summed E-state index contributed by atoms with van der Waals surface area (Å²) in [5, 5.41) is 1.37. The summed E-state index contributed by atoms with van der Waals surface area (Å²) in [6.45, 7) is 5.56.